The van der Waals surface area contributed by atoms with E-state index < -0.39 is 0 Å². The van der Waals surface area contributed by atoms with Gasteiger partial charge in [0.05, 0.1) is 0 Å². The van der Waals surface area contributed by atoms with Crippen molar-refractivity contribution < 1.29 is 13.3 Å². The van der Waals surface area contributed by atoms with Crippen molar-refractivity contribution in [2.75, 3.05) is 39.5 Å². The maximum Gasteiger partial charge on any atom is 0.161 e. The molecule has 0 heterocycles. The third kappa shape index (κ3) is 16.9. The monoisotopic (exact) mass is 365 g/mol. The van der Waals surface area contributed by atoms with Crippen LogP contribution < -0.4 is 0 Å². The summed E-state index contributed by atoms with van der Waals surface area (Å²) in [7, 11) is -0.737. The summed E-state index contributed by atoms with van der Waals surface area (Å²) in [6, 6.07) is 3.98. The fraction of sp³-hybridized carbons (Fsp3) is 1.00. The molecule has 0 aliphatic rings. The minimum absolute atomic E-state index is 0.246. The Labute approximate surface area is 145 Å². The lowest BCUT2D eigenvalue weighted by atomic mass is 10.3. The minimum Gasteiger partial charge on any atom is -0.424 e. The quantitative estimate of drug-likeness (QED) is 0.269. The average molecular weight is 366 g/mol. The molecule has 0 atom stereocenters. The Morgan fingerprint density at radius 1 is 0.591 bits per heavy atom. The molecule has 7 heteroatoms. The molecule has 22 heavy (non-hydrogen) atoms. The number of nitrogens with zero attached hydrogens (tertiary/aromatic N) is 1. The third-order valence-electron chi connectivity index (χ3n) is 3.65. The molecule has 0 radical (unpaired) electrons. The molecular weight excluding hydrogens is 326 g/mol. The molecule has 134 valence electrons. The molecule has 0 aliphatic carbocycles. The van der Waals surface area contributed by atoms with Gasteiger partial charge in [-0.1, -0.05) is 0 Å². The van der Waals surface area contributed by atoms with Gasteiger partial charge in [0.15, 0.2) is 29.3 Å². The Morgan fingerprint density at radius 2 is 0.909 bits per heavy atom. The predicted octanol–water partition coefficient (Wildman–Crippen LogP) is 1.07. The largest absolute Gasteiger partial charge is 0.424 e. The lowest BCUT2D eigenvalue weighted by Crippen LogP contribution is -2.28. The maximum atomic E-state index is 5.56. The first kappa shape index (κ1) is 22.5. The molecule has 0 aliphatic heterocycles. The number of hydrogen-bond acceptors (Lipinski definition) is 4. The van der Waals surface area contributed by atoms with E-state index in [9.17, 15) is 0 Å². The van der Waals surface area contributed by atoms with Crippen LogP contribution in [0.15, 0.2) is 0 Å². The standard InChI is InChI=1S/C15H39NO3Si3/c1-4-17-20-13-7-10-16(11-8-14-21-18-5-2)12-9-15-22-19-6-3/h4-15,20-22H2,1-3H3. The van der Waals surface area contributed by atoms with Crippen molar-refractivity contribution >= 4 is 29.3 Å². The summed E-state index contributed by atoms with van der Waals surface area (Å²) in [5.41, 5.74) is 0. The van der Waals surface area contributed by atoms with E-state index >= 15 is 0 Å². The first-order chi connectivity index (χ1) is 10.8. The van der Waals surface area contributed by atoms with Crippen molar-refractivity contribution in [3.8, 4) is 0 Å². The van der Waals surface area contributed by atoms with Crippen LogP contribution in [0, 0.1) is 0 Å². The SMILES string of the molecule is CCO[SiH2]CCCN(CCC[SiH2]OCC)CCC[SiH2]OCC. The van der Waals surface area contributed by atoms with E-state index in [1.165, 1.54) is 57.0 Å². The molecule has 0 fully saturated rings. The molecular formula is C15H39NO3Si3. The van der Waals surface area contributed by atoms with Crippen LogP contribution in [0.5, 0.6) is 0 Å². The summed E-state index contributed by atoms with van der Waals surface area (Å²) in [5, 5.41) is 0. The van der Waals surface area contributed by atoms with Crippen LogP contribution in [0.1, 0.15) is 40.0 Å². The Hall–Kier alpha value is 0.491. The lowest BCUT2D eigenvalue weighted by molar-refractivity contribution is 0.269. The normalized spacial score (nSPS) is 13.1. The van der Waals surface area contributed by atoms with Crippen molar-refractivity contribution in [3.63, 3.8) is 0 Å². The zero-order chi connectivity index (χ0) is 16.3. The molecule has 0 saturated carbocycles. The topological polar surface area (TPSA) is 30.9 Å². The van der Waals surface area contributed by atoms with Gasteiger partial charge >= 0.3 is 0 Å². The fourth-order valence-corrected chi connectivity index (χ4v) is 5.15. The lowest BCUT2D eigenvalue weighted by Gasteiger charge is -2.22. The highest BCUT2D eigenvalue weighted by atomic mass is 28.2. The Morgan fingerprint density at radius 3 is 1.18 bits per heavy atom. The molecule has 0 bridgehead atoms. The van der Waals surface area contributed by atoms with Gasteiger partial charge in [0.25, 0.3) is 0 Å². The van der Waals surface area contributed by atoms with E-state index in [4.69, 9.17) is 13.3 Å². The summed E-state index contributed by atoms with van der Waals surface area (Å²) in [6.45, 7) is 12.8. The first-order valence-electron chi connectivity index (χ1n) is 9.30. The summed E-state index contributed by atoms with van der Waals surface area (Å²) in [4.78, 5) is 2.67. The second-order valence-electron chi connectivity index (χ2n) is 5.55. The van der Waals surface area contributed by atoms with Crippen LogP contribution in [0.25, 0.3) is 0 Å². The summed E-state index contributed by atoms with van der Waals surface area (Å²) < 4.78 is 16.7. The Kier molecular flexibility index (Phi) is 20.0. The fourth-order valence-electron chi connectivity index (χ4n) is 2.39. The van der Waals surface area contributed by atoms with Gasteiger partial charge in [0, 0.05) is 19.8 Å². The van der Waals surface area contributed by atoms with Crippen molar-refractivity contribution in [2.24, 2.45) is 0 Å². The molecule has 0 spiro atoms. The molecule has 0 aromatic heterocycles. The Balaban J connectivity index is 3.72. The molecule has 0 amide bonds. The second kappa shape index (κ2) is 19.5. The zero-order valence-corrected chi connectivity index (χ0v) is 19.5. The van der Waals surface area contributed by atoms with E-state index in [2.05, 4.69) is 25.7 Å². The predicted molar refractivity (Wildman–Crippen MR) is 105 cm³/mol. The first-order valence-corrected chi connectivity index (χ1v) is 14.0. The van der Waals surface area contributed by atoms with Crippen molar-refractivity contribution in [1.82, 2.24) is 4.90 Å². The van der Waals surface area contributed by atoms with E-state index in [0.29, 0.717) is 0 Å². The molecule has 0 unspecified atom stereocenters. The minimum atomic E-state index is -0.246. The highest BCUT2D eigenvalue weighted by molar-refractivity contribution is 6.27. The zero-order valence-electron chi connectivity index (χ0n) is 15.3. The van der Waals surface area contributed by atoms with E-state index in [1.54, 1.807) is 0 Å². The van der Waals surface area contributed by atoms with Gasteiger partial charge in [-0.15, -0.1) is 0 Å². The Bertz CT molecular complexity index is 181. The average Bonchev–Trinajstić information content (AvgIpc) is 2.53. The van der Waals surface area contributed by atoms with Crippen molar-refractivity contribution in [3.05, 3.63) is 0 Å². The smallest absolute Gasteiger partial charge is 0.161 e. The summed E-state index contributed by atoms with van der Waals surface area (Å²) in [5.74, 6) is 0. The van der Waals surface area contributed by atoms with Crippen LogP contribution in [0.3, 0.4) is 0 Å². The highest BCUT2D eigenvalue weighted by Crippen LogP contribution is 2.03. The second-order valence-corrected chi connectivity index (χ2v) is 10.1. The summed E-state index contributed by atoms with van der Waals surface area (Å²) >= 11 is 0. The number of rotatable bonds is 18. The number of hydrogen-bond donors (Lipinski definition) is 0. The van der Waals surface area contributed by atoms with Crippen LogP contribution in [0.2, 0.25) is 18.1 Å². The maximum absolute atomic E-state index is 5.56. The van der Waals surface area contributed by atoms with Gasteiger partial charge in [-0.25, -0.2) is 0 Å². The summed E-state index contributed by atoms with van der Waals surface area (Å²) in [6.07, 6.45) is 3.95. The molecule has 4 nitrogen and oxygen atoms in total. The van der Waals surface area contributed by atoms with Gasteiger partial charge in [-0.2, -0.15) is 0 Å². The third-order valence-corrected chi connectivity index (χ3v) is 8.11. The molecule has 0 saturated heterocycles. The van der Waals surface area contributed by atoms with Crippen LogP contribution in [-0.2, 0) is 13.3 Å². The van der Waals surface area contributed by atoms with Crippen molar-refractivity contribution in [2.45, 2.75) is 58.2 Å². The van der Waals surface area contributed by atoms with Gasteiger partial charge in [0.2, 0.25) is 0 Å². The van der Waals surface area contributed by atoms with Gasteiger partial charge < -0.3 is 18.2 Å². The molecule has 0 N–H and O–H groups in total. The van der Waals surface area contributed by atoms with E-state index in [1.807, 2.05) is 0 Å². The van der Waals surface area contributed by atoms with Crippen LogP contribution in [0.4, 0.5) is 0 Å². The van der Waals surface area contributed by atoms with E-state index in [-0.39, 0.29) is 29.3 Å². The van der Waals surface area contributed by atoms with Gasteiger partial charge in [-0.3, -0.25) is 0 Å². The van der Waals surface area contributed by atoms with Gasteiger partial charge in [-0.05, 0) is 77.8 Å². The van der Waals surface area contributed by atoms with E-state index in [0.717, 1.165) is 19.8 Å². The molecule has 0 rings (SSSR count). The van der Waals surface area contributed by atoms with Crippen LogP contribution in [-0.4, -0.2) is 73.6 Å². The highest BCUT2D eigenvalue weighted by Gasteiger charge is 2.05. The molecule has 0 aromatic carbocycles. The molecule has 0 aromatic rings. The van der Waals surface area contributed by atoms with Gasteiger partial charge in [0.1, 0.15) is 0 Å². The van der Waals surface area contributed by atoms with Crippen LogP contribution >= 0.6 is 0 Å². The van der Waals surface area contributed by atoms with Crippen molar-refractivity contribution in [1.29, 1.82) is 0 Å².